The zero-order valence-corrected chi connectivity index (χ0v) is 20.2. The Morgan fingerprint density at radius 3 is 2.84 bits per heavy atom. The highest BCUT2D eigenvalue weighted by atomic mass is 19.4. The van der Waals surface area contributed by atoms with Crippen LogP contribution in [0, 0.1) is 0 Å². The van der Waals surface area contributed by atoms with Crippen LogP contribution in [-0.4, -0.2) is 74.4 Å². The van der Waals surface area contributed by atoms with Crippen molar-refractivity contribution in [3.8, 4) is 17.3 Å². The largest absolute Gasteiger partial charge is 0.473 e. The summed E-state index contributed by atoms with van der Waals surface area (Å²) in [6.45, 7) is 1.86. The average Bonchev–Trinajstić information content (AvgIpc) is 3.31. The molecule has 2 bridgehead atoms. The smallest absolute Gasteiger partial charge is 0.416 e. The number of carbonyl (C=O) groups excluding carboxylic acids is 1. The first-order valence-corrected chi connectivity index (χ1v) is 11.7. The molecule has 11 nitrogen and oxygen atoms in total. The van der Waals surface area contributed by atoms with E-state index in [0.717, 1.165) is 12.1 Å². The molecule has 2 aliphatic rings. The molecule has 1 aromatic carbocycles. The fraction of sp³-hybridized carbons (Fsp3) is 0.375. The highest BCUT2D eigenvalue weighted by Gasteiger charge is 2.41. The first-order chi connectivity index (χ1) is 18.0. The number of fused-ring (bicyclic) bond motifs is 4. The molecule has 0 aliphatic carbocycles. The predicted octanol–water partition coefficient (Wildman–Crippen LogP) is 2.71. The van der Waals surface area contributed by atoms with Gasteiger partial charge < -0.3 is 25.2 Å². The van der Waals surface area contributed by atoms with E-state index in [0.29, 0.717) is 25.2 Å². The van der Waals surface area contributed by atoms with Gasteiger partial charge in [-0.05, 0) is 25.5 Å². The maximum atomic E-state index is 13.5. The van der Waals surface area contributed by atoms with Gasteiger partial charge in [-0.3, -0.25) is 4.90 Å². The third-order valence-corrected chi connectivity index (χ3v) is 6.27. The lowest BCUT2D eigenvalue weighted by molar-refractivity contribution is -0.137. The zero-order chi connectivity index (χ0) is 27.1. The number of amides is 2. The Morgan fingerprint density at radius 2 is 2.08 bits per heavy atom. The van der Waals surface area contributed by atoms with E-state index in [1.807, 2.05) is 4.90 Å². The van der Waals surface area contributed by atoms with Crippen LogP contribution in [0.1, 0.15) is 18.9 Å². The van der Waals surface area contributed by atoms with E-state index in [1.54, 1.807) is 0 Å². The topological polar surface area (TPSA) is 137 Å². The lowest BCUT2D eigenvalue weighted by Crippen LogP contribution is -2.48. The van der Waals surface area contributed by atoms with Crippen molar-refractivity contribution in [2.24, 2.45) is 0 Å². The zero-order valence-electron chi connectivity index (χ0n) is 20.2. The van der Waals surface area contributed by atoms with E-state index in [9.17, 15) is 28.2 Å². The fourth-order valence-corrected chi connectivity index (χ4v) is 4.29. The first kappa shape index (κ1) is 25.6. The minimum atomic E-state index is -4.52. The van der Waals surface area contributed by atoms with Gasteiger partial charge in [-0.1, -0.05) is 12.1 Å². The molecule has 4 heterocycles. The van der Waals surface area contributed by atoms with E-state index < -0.39 is 30.0 Å². The monoisotopic (exact) mass is 531 g/mol. The van der Waals surface area contributed by atoms with Crippen molar-refractivity contribution in [2.45, 2.75) is 31.2 Å². The van der Waals surface area contributed by atoms with Crippen LogP contribution >= 0.6 is 0 Å². The lowest BCUT2D eigenvalue weighted by atomic mass is 10.1. The molecule has 1 fully saturated rings. The van der Waals surface area contributed by atoms with Gasteiger partial charge >= 0.3 is 12.2 Å². The van der Waals surface area contributed by atoms with Gasteiger partial charge in [0.25, 0.3) is 0 Å². The molecular formula is C24H24F3N7O4. The number of nitrogens with one attached hydrogen (secondary N) is 1. The van der Waals surface area contributed by atoms with Gasteiger partial charge in [0.15, 0.2) is 11.6 Å². The molecule has 1 saturated heterocycles. The Morgan fingerprint density at radius 1 is 1.26 bits per heavy atom. The highest BCUT2D eigenvalue weighted by molar-refractivity contribution is 6.04. The molecule has 0 radical (unpaired) electrons. The quantitative estimate of drug-likeness (QED) is 0.439. The number of urea groups is 1. The summed E-state index contributed by atoms with van der Waals surface area (Å²) in [6.07, 6.45) is -1.01. The van der Waals surface area contributed by atoms with E-state index in [1.165, 1.54) is 42.4 Å². The number of aliphatic hydroxyl groups is 2. The van der Waals surface area contributed by atoms with Gasteiger partial charge in [0.1, 0.15) is 12.2 Å². The van der Waals surface area contributed by atoms with Crippen molar-refractivity contribution in [3.05, 3.63) is 48.3 Å². The minimum absolute atomic E-state index is 0.0248. The molecule has 0 saturated carbocycles. The van der Waals surface area contributed by atoms with E-state index in [4.69, 9.17) is 4.74 Å². The molecule has 0 spiro atoms. The Bertz CT molecular complexity index is 1350. The standard InChI is InChI=1S/C24H24F3N7O4/c1-23(37,12-35)13-38-19-8-16(9-29-32-19)30-22(36)34-17-5-6-33(11-17)18-10-28-20(31-21(18)34)14-3-2-4-15(7-14)24(25,26)27/h2-4,7-10,17,35,37H,5-6,11-13H2,1H3,(H,30,32,36)/t17-,23-/m0/s1. The van der Waals surface area contributed by atoms with Crippen LogP contribution < -0.4 is 19.9 Å². The molecule has 3 N–H and O–H groups in total. The minimum Gasteiger partial charge on any atom is -0.473 e. The number of benzene rings is 1. The number of ether oxygens (including phenoxy) is 1. The molecule has 2 aliphatic heterocycles. The number of aliphatic hydroxyl groups excluding tert-OH is 1. The molecule has 2 aromatic heterocycles. The number of halogens is 3. The van der Waals surface area contributed by atoms with Crippen LogP contribution in [0.4, 0.5) is 35.2 Å². The maximum absolute atomic E-state index is 13.5. The van der Waals surface area contributed by atoms with Crippen LogP contribution in [-0.2, 0) is 6.18 Å². The number of rotatable bonds is 6. The van der Waals surface area contributed by atoms with Crippen LogP contribution in [0.2, 0.25) is 0 Å². The summed E-state index contributed by atoms with van der Waals surface area (Å²) in [7, 11) is 0. The normalized spacial score (nSPS) is 18.1. The molecule has 3 aromatic rings. The summed E-state index contributed by atoms with van der Waals surface area (Å²) in [5.41, 5.74) is -1.26. The molecular weight excluding hydrogens is 507 g/mol. The third kappa shape index (κ3) is 5.17. The number of nitrogens with zero attached hydrogens (tertiary/aromatic N) is 6. The second-order valence-electron chi connectivity index (χ2n) is 9.40. The SMILES string of the molecule is C[C@](O)(CO)COc1cc(NC(=O)N2c3nc(-c4cccc(C(F)(F)F)c4)ncc3N3CC[C@H]2C3)cnn1. The lowest BCUT2D eigenvalue weighted by Gasteiger charge is -2.35. The maximum Gasteiger partial charge on any atom is 0.416 e. The summed E-state index contributed by atoms with van der Waals surface area (Å²) in [5, 5.41) is 29.4. The van der Waals surface area contributed by atoms with Crippen LogP contribution in [0.25, 0.3) is 11.4 Å². The number of carbonyl (C=O) groups is 1. The van der Waals surface area contributed by atoms with E-state index in [2.05, 4.69) is 25.5 Å². The van der Waals surface area contributed by atoms with Crippen molar-refractivity contribution < 1.29 is 32.9 Å². The number of hydrogen-bond donors (Lipinski definition) is 3. The number of anilines is 3. The van der Waals surface area contributed by atoms with Gasteiger partial charge in [0.2, 0.25) is 5.88 Å². The summed E-state index contributed by atoms with van der Waals surface area (Å²) in [4.78, 5) is 25.8. The van der Waals surface area contributed by atoms with Crippen LogP contribution in [0.3, 0.4) is 0 Å². The van der Waals surface area contributed by atoms with Gasteiger partial charge in [-0.25, -0.2) is 14.8 Å². The summed E-state index contributed by atoms with van der Waals surface area (Å²) in [6, 6.07) is 5.40. The van der Waals surface area contributed by atoms with Gasteiger partial charge in [-0.15, -0.1) is 5.10 Å². The second kappa shape index (κ2) is 9.68. The van der Waals surface area contributed by atoms with Crippen molar-refractivity contribution in [2.75, 3.05) is 41.4 Å². The van der Waals surface area contributed by atoms with E-state index >= 15 is 0 Å². The van der Waals surface area contributed by atoms with Crippen LogP contribution in [0.15, 0.2) is 42.7 Å². The number of alkyl halides is 3. The number of hydrogen-bond acceptors (Lipinski definition) is 9. The van der Waals surface area contributed by atoms with Crippen molar-refractivity contribution >= 4 is 23.2 Å². The predicted molar refractivity (Wildman–Crippen MR) is 130 cm³/mol. The van der Waals surface area contributed by atoms with Gasteiger partial charge in [0.05, 0.1) is 42.0 Å². The highest BCUT2D eigenvalue weighted by Crippen LogP contribution is 2.40. The third-order valence-electron chi connectivity index (χ3n) is 6.27. The number of aromatic nitrogens is 4. The Labute approximate surface area is 214 Å². The van der Waals surface area contributed by atoms with Crippen LogP contribution in [0.5, 0.6) is 5.88 Å². The Hall–Kier alpha value is -4.04. The fourth-order valence-electron chi connectivity index (χ4n) is 4.29. The molecule has 200 valence electrons. The summed E-state index contributed by atoms with van der Waals surface area (Å²) in [5.74, 6) is 0.375. The van der Waals surface area contributed by atoms with Gasteiger partial charge in [0, 0.05) is 24.7 Å². The molecule has 0 unspecified atom stereocenters. The molecule has 38 heavy (non-hydrogen) atoms. The van der Waals surface area contributed by atoms with E-state index in [-0.39, 0.29) is 41.4 Å². The summed E-state index contributed by atoms with van der Waals surface area (Å²) < 4.78 is 45.1. The molecule has 2 amide bonds. The van der Waals surface area contributed by atoms with Crippen molar-refractivity contribution in [1.29, 1.82) is 0 Å². The molecule has 2 atom stereocenters. The van der Waals surface area contributed by atoms with Gasteiger partial charge in [-0.2, -0.15) is 18.3 Å². The van der Waals surface area contributed by atoms with Crippen molar-refractivity contribution in [3.63, 3.8) is 0 Å². The van der Waals surface area contributed by atoms with Crippen molar-refractivity contribution in [1.82, 2.24) is 20.2 Å². The molecule has 14 heteroatoms. The second-order valence-corrected chi connectivity index (χ2v) is 9.40. The Kier molecular flexibility index (Phi) is 6.53. The average molecular weight is 531 g/mol. The summed E-state index contributed by atoms with van der Waals surface area (Å²) >= 11 is 0. The Balaban J connectivity index is 1.42. The molecule has 5 rings (SSSR count). The first-order valence-electron chi connectivity index (χ1n) is 11.7.